The number of nitrogens with one attached hydrogen (secondary N) is 1. The Balaban J connectivity index is 1.50. The van der Waals surface area contributed by atoms with Gasteiger partial charge in [0.05, 0.1) is 25.4 Å². The van der Waals surface area contributed by atoms with Gasteiger partial charge in [-0.25, -0.2) is 4.79 Å². The molecule has 1 N–H and O–H groups in total. The number of hydrogen-bond acceptors (Lipinski definition) is 5. The first-order valence-electron chi connectivity index (χ1n) is 10.1. The molecule has 2 aliphatic heterocycles. The molecule has 2 unspecified atom stereocenters. The summed E-state index contributed by atoms with van der Waals surface area (Å²) < 4.78 is 11.6. The van der Waals surface area contributed by atoms with Crippen molar-refractivity contribution < 1.29 is 14.3 Å². The Hall–Kier alpha value is -1.15. The molecule has 2 amide bonds. The fourth-order valence-corrected chi connectivity index (χ4v) is 4.46. The molecule has 1 aromatic rings. The van der Waals surface area contributed by atoms with Crippen LogP contribution in [-0.2, 0) is 16.0 Å². The zero-order valence-corrected chi connectivity index (χ0v) is 17.4. The van der Waals surface area contributed by atoms with Gasteiger partial charge in [0, 0.05) is 44.2 Å². The fourth-order valence-electron chi connectivity index (χ4n) is 3.74. The highest BCUT2D eigenvalue weighted by molar-refractivity contribution is 7.09. The SMILES string of the molecule is CC(C)CN1CCOC(CNC(=O)N(Cc2cccs2)CC2CCCO2)C1. The Kier molecular flexibility index (Phi) is 7.93. The van der Waals surface area contributed by atoms with Gasteiger partial charge in [-0.1, -0.05) is 19.9 Å². The van der Waals surface area contributed by atoms with E-state index in [9.17, 15) is 4.79 Å². The van der Waals surface area contributed by atoms with Crippen LogP contribution in [0.25, 0.3) is 0 Å². The lowest BCUT2D eigenvalue weighted by molar-refractivity contribution is -0.0295. The van der Waals surface area contributed by atoms with E-state index in [0.717, 1.165) is 45.7 Å². The van der Waals surface area contributed by atoms with Gasteiger partial charge in [-0.15, -0.1) is 11.3 Å². The Morgan fingerprint density at radius 3 is 2.93 bits per heavy atom. The monoisotopic (exact) mass is 395 g/mol. The molecule has 27 heavy (non-hydrogen) atoms. The molecule has 6 nitrogen and oxygen atoms in total. The summed E-state index contributed by atoms with van der Waals surface area (Å²) in [5, 5.41) is 5.15. The highest BCUT2D eigenvalue weighted by atomic mass is 32.1. The molecule has 1 aromatic heterocycles. The van der Waals surface area contributed by atoms with Gasteiger partial charge in [0.2, 0.25) is 0 Å². The first kappa shape index (κ1) is 20.6. The van der Waals surface area contributed by atoms with Crippen molar-refractivity contribution in [2.75, 3.05) is 45.9 Å². The average Bonchev–Trinajstić information content (AvgIpc) is 3.33. The van der Waals surface area contributed by atoms with Crippen LogP contribution < -0.4 is 5.32 Å². The third-order valence-corrected chi connectivity index (χ3v) is 5.85. The summed E-state index contributed by atoms with van der Waals surface area (Å²) in [5.41, 5.74) is 0. The highest BCUT2D eigenvalue weighted by Crippen LogP contribution is 2.17. The van der Waals surface area contributed by atoms with Crippen LogP contribution in [0.1, 0.15) is 31.6 Å². The van der Waals surface area contributed by atoms with Crippen molar-refractivity contribution in [3.05, 3.63) is 22.4 Å². The lowest BCUT2D eigenvalue weighted by Gasteiger charge is -2.34. The maximum atomic E-state index is 12.9. The second-order valence-electron chi connectivity index (χ2n) is 7.93. The number of nitrogens with zero attached hydrogens (tertiary/aromatic N) is 2. The topological polar surface area (TPSA) is 54.0 Å². The first-order valence-corrected chi connectivity index (χ1v) is 11.0. The molecular weight excluding hydrogens is 362 g/mol. The minimum absolute atomic E-state index is 0.0246. The van der Waals surface area contributed by atoms with Crippen molar-refractivity contribution in [3.63, 3.8) is 0 Å². The number of carbonyl (C=O) groups is 1. The molecule has 2 saturated heterocycles. The summed E-state index contributed by atoms with van der Waals surface area (Å²) in [6, 6.07) is 4.08. The van der Waals surface area contributed by atoms with E-state index in [1.165, 1.54) is 4.88 Å². The van der Waals surface area contributed by atoms with E-state index in [0.29, 0.717) is 25.6 Å². The molecule has 2 aliphatic rings. The van der Waals surface area contributed by atoms with Crippen LogP contribution in [0, 0.1) is 5.92 Å². The van der Waals surface area contributed by atoms with E-state index in [1.807, 2.05) is 11.0 Å². The molecule has 0 spiro atoms. The number of amides is 2. The zero-order valence-electron chi connectivity index (χ0n) is 16.6. The second kappa shape index (κ2) is 10.4. The summed E-state index contributed by atoms with van der Waals surface area (Å²) in [5.74, 6) is 0.644. The van der Waals surface area contributed by atoms with Crippen LogP contribution >= 0.6 is 11.3 Å². The third kappa shape index (κ3) is 6.75. The third-order valence-electron chi connectivity index (χ3n) is 4.99. The number of rotatable bonds is 8. The minimum Gasteiger partial charge on any atom is -0.376 e. The predicted molar refractivity (Wildman–Crippen MR) is 108 cm³/mol. The number of morpholine rings is 1. The summed E-state index contributed by atoms with van der Waals surface area (Å²) in [6.45, 7) is 10.8. The van der Waals surface area contributed by atoms with Gasteiger partial charge in [-0.2, -0.15) is 0 Å². The normalized spacial score (nSPS) is 23.7. The van der Waals surface area contributed by atoms with Crippen molar-refractivity contribution >= 4 is 17.4 Å². The largest absolute Gasteiger partial charge is 0.376 e. The Morgan fingerprint density at radius 2 is 2.22 bits per heavy atom. The highest BCUT2D eigenvalue weighted by Gasteiger charge is 2.25. The van der Waals surface area contributed by atoms with Crippen molar-refractivity contribution in [3.8, 4) is 0 Å². The number of thiophene rings is 1. The van der Waals surface area contributed by atoms with Gasteiger partial charge in [0.15, 0.2) is 0 Å². The Labute approximate surface area is 166 Å². The maximum absolute atomic E-state index is 12.9. The van der Waals surface area contributed by atoms with E-state index < -0.39 is 0 Å². The fraction of sp³-hybridized carbons (Fsp3) is 0.750. The van der Waals surface area contributed by atoms with Crippen molar-refractivity contribution in [1.29, 1.82) is 0 Å². The standard InChI is InChI=1S/C20H33N3O3S/c1-16(2)12-22-7-9-26-18(13-22)11-21-20(24)23(14-17-5-3-8-25-17)15-19-6-4-10-27-19/h4,6,10,16-18H,3,5,7-9,11-15H2,1-2H3,(H,21,24). The molecule has 0 radical (unpaired) electrons. The number of carbonyl (C=O) groups excluding carboxylic acids is 1. The molecule has 152 valence electrons. The van der Waals surface area contributed by atoms with Crippen LogP contribution in [0.2, 0.25) is 0 Å². The smallest absolute Gasteiger partial charge is 0.317 e. The van der Waals surface area contributed by atoms with Crippen molar-refractivity contribution in [2.24, 2.45) is 5.92 Å². The number of hydrogen-bond donors (Lipinski definition) is 1. The zero-order chi connectivity index (χ0) is 19.1. The Morgan fingerprint density at radius 1 is 1.37 bits per heavy atom. The predicted octanol–water partition coefficient (Wildman–Crippen LogP) is 2.80. The summed E-state index contributed by atoms with van der Waals surface area (Å²) in [4.78, 5) is 18.4. The van der Waals surface area contributed by atoms with Crippen LogP contribution in [0.5, 0.6) is 0 Å². The molecule has 3 heterocycles. The van der Waals surface area contributed by atoms with Crippen LogP contribution in [-0.4, -0.2) is 74.0 Å². The van der Waals surface area contributed by atoms with Gasteiger partial charge in [0.1, 0.15) is 0 Å². The molecule has 2 fully saturated rings. The number of ether oxygens (including phenoxy) is 2. The first-order chi connectivity index (χ1) is 13.1. The average molecular weight is 396 g/mol. The summed E-state index contributed by atoms with van der Waals surface area (Å²) >= 11 is 1.68. The molecule has 2 atom stereocenters. The van der Waals surface area contributed by atoms with Gasteiger partial charge in [-0.3, -0.25) is 4.90 Å². The van der Waals surface area contributed by atoms with Gasteiger partial charge < -0.3 is 19.7 Å². The van der Waals surface area contributed by atoms with E-state index in [1.54, 1.807) is 11.3 Å². The van der Waals surface area contributed by atoms with Crippen LogP contribution in [0.15, 0.2) is 17.5 Å². The molecule has 0 saturated carbocycles. The van der Waals surface area contributed by atoms with Crippen LogP contribution in [0.4, 0.5) is 4.79 Å². The van der Waals surface area contributed by atoms with E-state index in [4.69, 9.17) is 9.47 Å². The molecule has 0 aromatic carbocycles. The maximum Gasteiger partial charge on any atom is 0.317 e. The second-order valence-corrected chi connectivity index (χ2v) is 8.96. The minimum atomic E-state index is -0.0246. The lowest BCUT2D eigenvalue weighted by atomic mass is 10.2. The van der Waals surface area contributed by atoms with E-state index in [2.05, 4.69) is 35.5 Å². The molecular formula is C20H33N3O3S. The van der Waals surface area contributed by atoms with Crippen LogP contribution in [0.3, 0.4) is 0 Å². The molecule has 3 rings (SSSR count). The van der Waals surface area contributed by atoms with E-state index in [-0.39, 0.29) is 18.2 Å². The van der Waals surface area contributed by atoms with Gasteiger partial charge >= 0.3 is 6.03 Å². The van der Waals surface area contributed by atoms with Gasteiger partial charge in [0.25, 0.3) is 0 Å². The molecule has 7 heteroatoms. The number of urea groups is 1. The van der Waals surface area contributed by atoms with Crippen molar-refractivity contribution in [1.82, 2.24) is 15.1 Å². The lowest BCUT2D eigenvalue weighted by Crippen LogP contribution is -2.51. The van der Waals surface area contributed by atoms with E-state index >= 15 is 0 Å². The van der Waals surface area contributed by atoms with Gasteiger partial charge in [-0.05, 0) is 30.2 Å². The molecule has 0 aliphatic carbocycles. The quantitative estimate of drug-likeness (QED) is 0.735. The van der Waals surface area contributed by atoms with Crippen molar-refractivity contribution in [2.45, 2.75) is 45.4 Å². The summed E-state index contributed by atoms with van der Waals surface area (Å²) in [6.07, 6.45) is 2.33. The Bertz CT molecular complexity index is 561. The molecule has 0 bridgehead atoms. The summed E-state index contributed by atoms with van der Waals surface area (Å²) in [7, 11) is 0.